The van der Waals surface area contributed by atoms with Crippen molar-refractivity contribution >= 4 is 79.8 Å². The summed E-state index contributed by atoms with van der Waals surface area (Å²) in [6, 6.07) is 21.6. The minimum absolute atomic E-state index is 0.126. The molecule has 0 atom stereocenters. The Hall–Kier alpha value is -3.03. The quantitative estimate of drug-likeness (QED) is 0.174. The van der Waals surface area contributed by atoms with Crippen molar-refractivity contribution in [3.63, 3.8) is 0 Å². The first kappa shape index (κ1) is 25.6. The smallest absolute Gasteiger partial charge is 0.236 e. The lowest BCUT2D eigenvalue weighted by atomic mass is 10.2. The summed E-state index contributed by atoms with van der Waals surface area (Å²) in [6.07, 6.45) is 0. The first-order valence-corrected chi connectivity index (χ1v) is 15.5. The number of hydrogen-bond donors (Lipinski definition) is 2. The topological polar surface area (TPSA) is 96.9 Å². The van der Waals surface area contributed by atoms with Gasteiger partial charge in [-0.3, -0.25) is 9.59 Å². The van der Waals surface area contributed by atoms with Gasteiger partial charge in [0.2, 0.25) is 11.8 Å². The molecule has 7 nitrogen and oxygen atoms in total. The van der Waals surface area contributed by atoms with E-state index in [2.05, 4.69) is 25.0 Å². The van der Waals surface area contributed by atoms with E-state index in [1.165, 1.54) is 57.7 Å². The standard InChI is InChI=1S/C25H19N5O2S5/c31-20(28-24-26-18(12-35-24)16-7-3-1-4-8-16)14-33-22-11-23(37-30-22)34-15-21(32)29-25-27-19(13-36-25)17-9-5-2-6-10-17/h1-13H,14-15H2,(H,26,28,31)(H,27,29,32). The number of anilines is 2. The van der Waals surface area contributed by atoms with Crippen molar-refractivity contribution in [2.24, 2.45) is 0 Å². The highest BCUT2D eigenvalue weighted by atomic mass is 32.2. The van der Waals surface area contributed by atoms with E-state index in [4.69, 9.17) is 0 Å². The molecular formula is C25H19N5O2S5. The predicted molar refractivity (Wildman–Crippen MR) is 156 cm³/mol. The van der Waals surface area contributed by atoms with E-state index < -0.39 is 0 Å². The molecule has 3 aromatic heterocycles. The SMILES string of the molecule is O=C(CSc1cc(SCC(=O)Nc2nc(-c3ccccc3)cs2)sn1)Nc1nc(-c2ccccc2)cs1. The van der Waals surface area contributed by atoms with Gasteiger partial charge in [0.05, 0.1) is 27.1 Å². The number of thioether (sulfide) groups is 2. The number of carbonyl (C=O) groups excluding carboxylic acids is 2. The van der Waals surface area contributed by atoms with Crippen LogP contribution in [0, 0.1) is 0 Å². The Kier molecular flexibility index (Phi) is 8.64. The van der Waals surface area contributed by atoms with Crippen LogP contribution >= 0.6 is 57.7 Å². The normalized spacial score (nSPS) is 10.8. The zero-order chi connectivity index (χ0) is 25.5. The van der Waals surface area contributed by atoms with E-state index in [1.807, 2.05) is 77.5 Å². The molecule has 2 N–H and O–H groups in total. The average Bonchev–Trinajstić information content (AvgIpc) is 3.69. The zero-order valence-electron chi connectivity index (χ0n) is 19.1. The van der Waals surface area contributed by atoms with Crippen LogP contribution in [-0.4, -0.2) is 37.7 Å². The van der Waals surface area contributed by atoms with Crippen LogP contribution in [-0.2, 0) is 9.59 Å². The minimum atomic E-state index is -0.140. The predicted octanol–water partition coefficient (Wildman–Crippen LogP) is 6.85. The highest BCUT2D eigenvalue weighted by molar-refractivity contribution is 8.02. The van der Waals surface area contributed by atoms with Gasteiger partial charge in [-0.2, -0.15) is 4.37 Å². The molecule has 37 heavy (non-hydrogen) atoms. The third kappa shape index (κ3) is 7.27. The molecule has 5 aromatic rings. The summed E-state index contributed by atoms with van der Waals surface area (Å²) < 4.78 is 5.30. The number of aromatic nitrogens is 3. The second kappa shape index (κ2) is 12.5. The molecule has 2 amide bonds. The van der Waals surface area contributed by atoms with Crippen molar-refractivity contribution in [3.05, 3.63) is 77.5 Å². The summed E-state index contributed by atoms with van der Waals surface area (Å²) in [4.78, 5) is 33.7. The Morgan fingerprint density at radius 1 is 0.730 bits per heavy atom. The fraction of sp³-hybridized carbons (Fsp3) is 0.0800. The minimum Gasteiger partial charge on any atom is -0.301 e. The van der Waals surface area contributed by atoms with Crippen molar-refractivity contribution in [2.75, 3.05) is 22.1 Å². The molecule has 0 radical (unpaired) electrons. The highest BCUT2D eigenvalue weighted by Gasteiger charge is 2.12. The molecule has 3 heterocycles. The number of carbonyl (C=O) groups is 2. The largest absolute Gasteiger partial charge is 0.301 e. The molecule has 0 unspecified atom stereocenters. The van der Waals surface area contributed by atoms with Crippen LogP contribution < -0.4 is 10.6 Å². The Bertz CT molecular complexity index is 1370. The fourth-order valence-electron chi connectivity index (χ4n) is 3.11. The summed E-state index contributed by atoms with van der Waals surface area (Å²) in [7, 11) is 0. The maximum atomic E-state index is 12.4. The van der Waals surface area contributed by atoms with Crippen LogP contribution in [0.15, 0.2) is 86.7 Å². The maximum absolute atomic E-state index is 12.4. The molecule has 12 heteroatoms. The number of rotatable bonds is 10. The highest BCUT2D eigenvalue weighted by Crippen LogP contribution is 2.30. The molecule has 0 fully saturated rings. The van der Waals surface area contributed by atoms with Crippen LogP contribution in [0.25, 0.3) is 22.5 Å². The van der Waals surface area contributed by atoms with Gasteiger partial charge in [0.25, 0.3) is 0 Å². The number of nitrogens with zero attached hydrogens (tertiary/aromatic N) is 3. The van der Waals surface area contributed by atoms with Crippen LogP contribution in [0.5, 0.6) is 0 Å². The zero-order valence-corrected chi connectivity index (χ0v) is 23.2. The molecule has 0 bridgehead atoms. The Labute approximate surface area is 234 Å². The lowest BCUT2D eigenvalue weighted by Gasteiger charge is -2.00. The third-order valence-electron chi connectivity index (χ3n) is 4.80. The van der Waals surface area contributed by atoms with Gasteiger partial charge in [0.15, 0.2) is 10.3 Å². The van der Waals surface area contributed by atoms with Crippen molar-refractivity contribution in [2.45, 2.75) is 9.24 Å². The van der Waals surface area contributed by atoms with Crippen molar-refractivity contribution in [3.8, 4) is 22.5 Å². The van der Waals surface area contributed by atoms with Crippen molar-refractivity contribution in [1.29, 1.82) is 0 Å². The van der Waals surface area contributed by atoms with Crippen LogP contribution in [0.1, 0.15) is 0 Å². The van der Waals surface area contributed by atoms with Gasteiger partial charge in [-0.25, -0.2) is 9.97 Å². The molecule has 0 spiro atoms. The van der Waals surface area contributed by atoms with Gasteiger partial charge in [0, 0.05) is 21.9 Å². The van der Waals surface area contributed by atoms with E-state index in [9.17, 15) is 9.59 Å². The Morgan fingerprint density at radius 3 is 1.78 bits per heavy atom. The summed E-state index contributed by atoms with van der Waals surface area (Å²) in [5, 5.41) is 11.4. The van der Waals surface area contributed by atoms with Gasteiger partial charge in [0.1, 0.15) is 5.03 Å². The molecule has 0 aliphatic rings. The second-order valence-electron chi connectivity index (χ2n) is 7.47. The summed E-state index contributed by atoms with van der Waals surface area (Å²) >= 11 is 6.87. The molecule has 2 aromatic carbocycles. The lowest BCUT2D eigenvalue weighted by Crippen LogP contribution is -2.13. The van der Waals surface area contributed by atoms with Crippen molar-refractivity contribution < 1.29 is 9.59 Å². The molecule has 0 aliphatic carbocycles. The number of nitrogens with one attached hydrogen (secondary N) is 2. The molecule has 0 aliphatic heterocycles. The Balaban J connectivity index is 1.05. The number of benzene rings is 2. The second-order valence-corrected chi connectivity index (χ2v) is 12.3. The molecule has 0 saturated heterocycles. The van der Waals surface area contributed by atoms with E-state index in [0.29, 0.717) is 10.3 Å². The average molecular weight is 582 g/mol. The maximum Gasteiger partial charge on any atom is 0.236 e. The van der Waals surface area contributed by atoms with Crippen molar-refractivity contribution in [1.82, 2.24) is 14.3 Å². The fourth-order valence-corrected chi connectivity index (χ4v) is 7.04. The van der Waals surface area contributed by atoms with Gasteiger partial charge in [-0.15, -0.1) is 34.4 Å². The van der Waals surface area contributed by atoms with Crippen LogP contribution in [0.3, 0.4) is 0 Å². The van der Waals surface area contributed by atoms with Crippen LogP contribution in [0.2, 0.25) is 0 Å². The van der Waals surface area contributed by atoms with E-state index in [1.54, 1.807) is 0 Å². The first-order valence-electron chi connectivity index (χ1n) is 11.0. The third-order valence-corrected chi connectivity index (χ3v) is 9.32. The number of hydrogen-bond acceptors (Lipinski definition) is 10. The van der Waals surface area contributed by atoms with E-state index in [-0.39, 0.29) is 23.3 Å². The molecule has 5 rings (SSSR count). The van der Waals surface area contributed by atoms with E-state index >= 15 is 0 Å². The first-order chi connectivity index (χ1) is 18.1. The molecule has 0 saturated carbocycles. The summed E-state index contributed by atoms with van der Waals surface area (Å²) in [5.41, 5.74) is 3.71. The van der Waals surface area contributed by atoms with Crippen LogP contribution in [0.4, 0.5) is 10.3 Å². The summed E-state index contributed by atoms with van der Waals surface area (Å²) in [5.74, 6) is 0.210. The molecule has 186 valence electrons. The van der Waals surface area contributed by atoms with E-state index in [0.717, 1.165) is 31.7 Å². The van der Waals surface area contributed by atoms with Gasteiger partial charge in [-0.05, 0) is 17.6 Å². The molecular weight excluding hydrogens is 563 g/mol. The van der Waals surface area contributed by atoms with Gasteiger partial charge in [-0.1, -0.05) is 72.4 Å². The monoisotopic (exact) mass is 581 g/mol. The van der Waals surface area contributed by atoms with Gasteiger partial charge < -0.3 is 10.6 Å². The van der Waals surface area contributed by atoms with Gasteiger partial charge >= 0.3 is 0 Å². The number of thiazole rings is 2. The number of amides is 2. The Morgan fingerprint density at radius 2 is 1.24 bits per heavy atom. The lowest BCUT2D eigenvalue weighted by molar-refractivity contribution is -0.114. The summed E-state index contributed by atoms with van der Waals surface area (Å²) in [6.45, 7) is 0.